The summed E-state index contributed by atoms with van der Waals surface area (Å²) in [6.07, 6.45) is 1.70. The number of rotatable bonds is 2. The molecule has 0 unspecified atom stereocenters. The van der Waals surface area contributed by atoms with Crippen molar-refractivity contribution in [2.75, 3.05) is 0 Å². The van der Waals surface area contributed by atoms with Crippen LogP contribution in [0, 0.1) is 0 Å². The molecule has 0 saturated heterocycles. The molecular formula is C16H10BrNO2. The van der Waals surface area contributed by atoms with Gasteiger partial charge in [0.25, 0.3) is 5.91 Å². The SMILES string of the molecule is O=C(NC1=Cc2ccc(Br)cc2C1=O)c1ccccc1. The first-order valence-electron chi connectivity index (χ1n) is 6.07. The van der Waals surface area contributed by atoms with Gasteiger partial charge in [0.2, 0.25) is 5.78 Å². The van der Waals surface area contributed by atoms with E-state index in [4.69, 9.17) is 0 Å². The minimum Gasteiger partial charge on any atom is -0.319 e. The van der Waals surface area contributed by atoms with Crippen LogP contribution in [0.1, 0.15) is 26.3 Å². The monoisotopic (exact) mass is 327 g/mol. The number of halogens is 1. The van der Waals surface area contributed by atoms with Gasteiger partial charge in [-0.2, -0.15) is 0 Å². The number of amides is 1. The molecule has 0 fully saturated rings. The van der Waals surface area contributed by atoms with Crippen LogP contribution in [-0.2, 0) is 0 Å². The molecule has 0 aromatic heterocycles. The van der Waals surface area contributed by atoms with Crippen molar-refractivity contribution < 1.29 is 9.59 Å². The topological polar surface area (TPSA) is 46.2 Å². The molecule has 2 aromatic rings. The van der Waals surface area contributed by atoms with Gasteiger partial charge in [0.15, 0.2) is 0 Å². The number of hydrogen-bond acceptors (Lipinski definition) is 2. The van der Waals surface area contributed by atoms with Crippen LogP contribution in [0.2, 0.25) is 0 Å². The average Bonchev–Trinajstić information content (AvgIpc) is 2.76. The molecule has 0 radical (unpaired) electrons. The summed E-state index contributed by atoms with van der Waals surface area (Å²) in [4.78, 5) is 24.3. The highest BCUT2D eigenvalue weighted by molar-refractivity contribution is 9.10. The zero-order valence-corrected chi connectivity index (χ0v) is 12.0. The second-order valence-corrected chi connectivity index (χ2v) is 5.35. The number of Topliss-reactive ketones (excluding diaryl/α,β-unsaturated/α-hetero) is 1. The molecule has 1 aliphatic carbocycles. The van der Waals surface area contributed by atoms with E-state index in [0.29, 0.717) is 16.8 Å². The Morgan fingerprint density at radius 2 is 1.80 bits per heavy atom. The molecule has 2 aromatic carbocycles. The molecule has 1 aliphatic rings. The maximum absolute atomic E-state index is 12.2. The van der Waals surface area contributed by atoms with Crippen LogP contribution in [0.25, 0.3) is 6.08 Å². The largest absolute Gasteiger partial charge is 0.319 e. The van der Waals surface area contributed by atoms with E-state index < -0.39 is 0 Å². The van der Waals surface area contributed by atoms with Crippen molar-refractivity contribution in [1.82, 2.24) is 5.32 Å². The highest BCUT2D eigenvalue weighted by Gasteiger charge is 2.24. The fraction of sp³-hybridized carbons (Fsp3) is 0. The quantitative estimate of drug-likeness (QED) is 0.918. The summed E-state index contributed by atoms with van der Waals surface area (Å²) in [5.41, 5.74) is 2.26. The molecule has 0 spiro atoms. The first-order valence-corrected chi connectivity index (χ1v) is 6.87. The van der Waals surface area contributed by atoms with Gasteiger partial charge in [0, 0.05) is 15.6 Å². The normalized spacial score (nSPS) is 12.8. The van der Waals surface area contributed by atoms with Crippen LogP contribution in [0.5, 0.6) is 0 Å². The zero-order chi connectivity index (χ0) is 14.1. The molecule has 0 bridgehead atoms. The van der Waals surface area contributed by atoms with Gasteiger partial charge in [-0.15, -0.1) is 0 Å². The van der Waals surface area contributed by atoms with Crippen molar-refractivity contribution in [3.63, 3.8) is 0 Å². The average molecular weight is 328 g/mol. The lowest BCUT2D eigenvalue weighted by Crippen LogP contribution is -2.25. The van der Waals surface area contributed by atoms with E-state index in [1.54, 1.807) is 36.4 Å². The first-order chi connectivity index (χ1) is 9.65. The molecule has 1 N–H and O–H groups in total. The fourth-order valence-electron chi connectivity index (χ4n) is 2.09. The Morgan fingerprint density at radius 3 is 2.55 bits per heavy atom. The summed E-state index contributed by atoms with van der Waals surface area (Å²) >= 11 is 3.34. The fourth-order valence-corrected chi connectivity index (χ4v) is 2.46. The number of carbonyl (C=O) groups is 2. The van der Waals surface area contributed by atoms with Crippen molar-refractivity contribution in [3.05, 3.63) is 75.4 Å². The van der Waals surface area contributed by atoms with Crippen LogP contribution in [-0.4, -0.2) is 11.7 Å². The highest BCUT2D eigenvalue weighted by Crippen LogP contribution is 2.26. The Morgan fingerprint density at radius 1 is 1.05 bits per heavy atom. The summed E-state index contributed by atoms with van der Waals surface area (Å²) in [5.74, 6) is -0.442. The van der Waals surface area contributed by atoms with Crippen molar-refractivity contribution >= 4 is 33.7 Å². The van der Waals surface area contributed by atoms with E-state index in [2.05, 4.69) is 21.2 Å². The molecule has 98 valence electrons. The molecule has 0 aliphatic heterocycles. The molecular weight excluding hydrogens is 318 g/mol. The van der Waals surface area contributed by atoms with Crippen LogP contribution in [0.4, 0.5) is 0 Å². The third-order valence-corrected chi connectivity index (χ3v) is 3.58. The Hall–Kier alpha value is -2.20. The molecule has 20 heavy (non-hydrogen) atoms. The lowest BCUT2D eigenvalue weighted by molar-refractivity contribution is 0.0936. The zero-order valence-electron chi connectivity index (χ0n) is 10.4. The Bertz CT molecular complexity index is 735. The van der Waals surface area contributed by atoms with Gasteiger partial charge in [-0.05, 0) is 35.9 Å². The van der Waals surface area contributed by atoms with Crippen molar-refractivity contribution in [3.8, 4) is 0 Å². The molecule has 4 heteroatoms. The van der Waals surface area contributed by atoms with Crippen LogP contribution in [0.15, 0.2) is 58.7 Å². The summed E-state index contributed by atoms with van der Waals surface area (Å²) in [5, 5.41) is 2.67. The van der Waals surface area contributed by atoms with E-state index in [0.717, 1.165) is 10.0 Å². The van der Waals surface area contributed by atoms with Gasteiger partial charge in [0.1, 0.15) is 0 Å². The lowest BCUT2D eigenvalue weighted by atomic mass is 10.1. The molecule has 0 saturated carbocycles. The van der Waals surface area contributed by atoms with Crippen LogP contribution < -0.4 is 5.32 Å². The summed E-state index contributed by atoms with van der Waals surface area (Å²) in [6.45, 7) is 0. The Labute approximate surface area is 124 Å². The number of fused-ring (bicyclic) bond motifs is 1. The number of ketones is 1. The third-order valence-electron chi connectivity index (χ3n) is 3.09. The molecule has 3 nitrogen and oxygen atoms in total. The summed E-state index contributed by atoms with van der Waals surface area (Å²) in [7, 11) is 0. The predicted octanol–water partition coefficient (Wildman–Crippen LogP) is 3.42. The highest BCUT2D eigenvalue weighted by atomic mass is 79.9. The van der Waals surface area contributed by atoms with Gasteiger partial charge in [-0.1, -0.05) is 40.2 Å². The van der Waals surface area contributed by atoms with Crippen LogP contribution >= 0.6 is 15.9 Å². The summed E-state index contributed by atoms with van der Waals surface area (Å²) < 4.78 is 0.841. The van der Waals surface area contributed by atoms with Gasteiger partial charge in [-0.25, -0.2) is 0 Å². The standard InChI is InChI=1S/C16H10BrNO2/c17-12-7-6-11-8-14(15(19)13(11)9-12)18-16(20)10-4-2-1-3-5-10/h1-9H,(H,18,19,20). The molecule has 3 rings (SSSR count). The van der Waals surface area contributed by atoms with Gasteiger partial charge in [0.05, 0.1) is 5.70 Å². The summed E-state index contributed by atoms with van der Waals surface area (Å²) in [6, 6.07) is 14.3. The molecule has 0 atom stereocenters. The smallest absolute Gasteiger partial charge is 0.255 e. The van der Waals surface area contributed by atoms with Crippen molar-refractivity contribution in [1.29, 1.82) is 0 Å². The van der Waals surface area contributed by atoms with E-state index >= 15 is 0 Å². The lowest BCUT2D eigenvalue weighted by Gasteiger charge is -2.04. The van der Waals surface area contributed by atoms with E-state index in [1.165, 1.54) is 0 Å². The second kappa shape index (κ2) is 5.06. The molecule has 0 heterocycles. The van der Waals surface area contributed by atoms with Gasteiger partial charge >= 0.3 is 0 Å². The minimum atomic E-state index is -0.280. The van der Waals surface area contributed by atoms with Crippen molar-refractivity contribution in [2.24, 2.45) is 0 Å². The number of carbonyl (C=O) groups excluding carboxylic acids is 2. The Kier molecular flexibility index (Phi) is 3.24. The maximum Gasteiger partial charge on any atom is 0.255 e. The predicted molar refractivity (Wildman–Crippen MR) is 80.4 cm³/mol. The van der Waals surface area contributed by atoms with Gasteiger partial charge in [-0.3, -0.25) is 9.59 Å². The maximum atomic E-state index is 12.2. The minimum absolute atomic E-state index is 0.161. The Balaban J connectivity index is 1.84. The van der Waals surface area contributed by atoms with Crippen molar-refractivity contribution in [2.45, 2.75) is 0 Å². The van der Waals surface area contributed by atoms with E-state index in [9.17, 15) is 9.59 Å². The third kappa shape index (κ3) is 2.30. The number of benzene rings is 2. The van der Waals surface area contributed by atoms with Gasteiger partial charge < -0.3 is 5.32 Å². The van der Waals surface area contributed by atoms with E-state index in [-0.39, 0.29) is 11.7 Å². The van der Waals surface area contributed by atoms with E-state index in [1.807, 2.05) is 18.2 Å². The number of hydrogen-bond donors (Lipinski definition) is 1. The number of nitrogens with one attached hydrogen (secondary N) is 1. The number of allylic oxidation sites excluding steroid dienone is 1. The van der Waals surface area contributed by atoms with Crippen LogP contribution in [0.3, 0.4) is 0 Å². The molecule has 1 amide bonds. The second-order valence-electron chi connectivity index (χ2n) is 4.44. The first kappa shape index (κ1) is 12.8.